The molecule has 3 nitrogen and oxygen atoms in total. The number of aliphatic imine (C=N–C) groups is 1. The van der Waals surface area contributed by atoms with Gasteiger partial charge in [0.1, 0.15) is 0 Å². The molecule has 0 heterocycles. The summed E-state index contributed by atoms with van der Waals surface area (Å²) in [6, 6.07) is 4.17. The summed E-state index contributed by atoms with van der Waals surface area (Å²) in [5, 5.41) is 10.6. The first kappa shape index (κ1) is 30.3. The largest absolute Gasteiger partial charge is 0.481 e. The van der Waals surface area contributed by atoms with Crippen LogP contribution < -0.4 is 0 Å². The van der Waals surface area contributed by atoms with E-state index in [0.717, 1.165) is 38.5 Å². The van der Waals surface area contributed by atoms with Gasteiger partial charge in [0.25, 0.3) is 0 Å². The SMILES string of the molecule is CC(C)[C@@H]1CCC2(C(=O)O)CC[C@]3(C)[C@H](CCC4[C@@]5(C)CCC(N=Cc6ccc(F)c(F)c6)C(C)(C)[C@@H]5CC[C@]43C)C12. The summed E-state index contributed by atoms with van der Waals surface area (Å²) in [4.78, 5) is 18.0. The van der Waals surface area contributed by atoms with Crippen LogP contribution in [0.3, 0.4) is 0 Å². The van der Waals surface area contributed by atoms with Crippen molar-refractivity contribution in [3.05, 3.63) is 35.4 Å². The first-order chi connectivity index (χ1) is 19.6. The lowest BCUT2D eigenvalue weighted by atomic mass is 9.32. The van der Waals surface area contributed by atoms with Gasteiger partial charge >= 0.3 is 5.97 Å². The van der Waals surface area contributed by atoms with Crippen molar-refractivity contribution in [3.8, 4) is 0 Å². The van der Waals surface area contributed by atoms with Crippen molar-refractivity contribution in [1.82, 2.24) is 0 Å². The molecule has 5 saturated carbocycles. The molecule has 5 aliphatic carbocycles. The molecular formula is C37H53F2NO2. The molecule has 5 fully saturated rings. The molecule has 0 saturated heterocycles. The Kier molecular flexibility index (Phi) is 7.10. The van der Waals surface area contributed by atoms with Crippen LogP contribution in [0.4, 0.5) is 8.78 Å². The molecule has 0 aliphatic heterocycles. The quantitative estimate of drug-likeness (QED) is 0.360. The standard InChI is InChI=1S/C37H53F2NO2/c1-22(2)24-12-17-37(32(41)42)19-18-35(6)25(31(24)37)9-11-29-34(5)15-14-30(33(3,4)28(34)13-16-36(29,35)7)40-21-23-8-10-26(38)27(39)20-23/h8,10,20-22,24-25,28-31H,9,11-19H2,1-7H3,(H,41,42)/t24-,25+,28-,29?,30?,31?,34-,35+,36+,37?/m0/s1. The monoisotopic (exact) mass is 581 g/mol. The van der Waals surface area contributed by atoms with Gasteiger partial charge in [-0.3, -0.25) is 9.79 Å². The third kappa shape index (κ3) is 3.99. The number of hydrogen-bond acceptors (Lipinski definition) is 2. The summed E-state index contributed by atoms with van der Waals surface area (Å²) in [7, 11) is 0. The molecule has 0 aromatic heterocycles. The zero-order valence-electron chi connectivity index (χ0n) is 27.0. The van der Waals surface area contributed by atoms with Gasteiger partial charge in [-0.2, -0.15) is 0 Å². The van der Waals surface area contributed by atoms with E-state index >= 15 is 0 Å². The molecule has 4 unspecified atom stereocenters. The zero-order chi connectivity index (χ0) is 30.5. The molecule has 5 aliphatic rings. The first-order valence-electron chi connectivity index (χ1n) is 16.8. The highest BCUT2D eigenvalue weighted by molar-refractivity contribution is 5.79. The molecule has 6 rings (SSSR count). The lowest BCUT2D eigenvalue weighted by molar-refractivity contribution is -0.241. The van der Waals surface area contributed by atoms with E-state index in [0.29, 0.717) is 41.1 Å². The second-order valence-electron chi connectivity index (χ2n) is 16.9. The summed E-state index contributed by atoms with van der Waals surface area (Å²) >= 11 is 0. The predicted molar refractivity (Wildman–Crippen MR) is 164 cm³/mol. The summed E-state index contributed by atoms with van der Waals surface area (Å²) < 4.78 is 27.3. The molecule has 0 spiro atoms. The van der Waals surface area contributed by atoms with Gasteiger partial charge in [0.05, 0.1) is 11.5 Å². The Morgan fingerprint density at radius 3 is 2.29 bits per heavy atom. The molecule has 232 valence electrons. The van der Waals surface area contributed by atoms with E-state index in [1.54, 1.807) is 12.3 Å². The van der Waals surface area contributed by atoms with E-state index in [9.17, 15) is 18.7 Å². The number of halogens is 2. The van der Waals surface area contributed by atoms with Gasteiger partial charge in [-0.05, 0) is 139 Å². The highest BCUT2D eigenvalue weighted by Crippen LogP contribution is 2.77. The number of rotatable bonds is 4. The lowest BCUT2D eigenvalue weighted by Gasteiger charge is -2.72. The van der Waals surface area contributed by atoms with Crippen LogP contribution in [0.25, 0.3) is 0 Å². The summed E-state index contributed by atoms with van der Waals surface area (Å²) in [6.45, 7) is 17.2. The van der Waals surface area contributed by atoms with Crippen LogP contribution in [0.2, 0.25) is 0 Å². The molecule has 0 bridgehead atoms. The average Bonchev–Trinajstić information content (AvgIpc) is 3.32. The van der Waals surface area contributed by atoms with Crippen molar-refractivity contribution in [2.45, 2.75) is 119 Å². The van der Waals surface area contributed by atoms with Gasteiger partial charge in [0, 0.05) is 6.21 Å². The van der Waals surface area contributed by atoms with Gasteiger partial charge < -0.3 is 5.11 Å². The van der Waals surface area contributed by atoms with Gasteiger partial charge in [-0.15, -0.1) is 0 Å². The molecule has 1 aromatic rings. The van der Waals surface area contributed by atoms with Gasteiger partial charge in [0.2, 0.25) is 0 Å². The smallest absolute Gasteiger partial charge is 0.309 e. The maximum Gasteiger partial charge on any atom is 0.309 e. The highest BCUT2D eigenvalue weighted by Gasteiger charge is 2.72. The second kappa shape index (κ2) is 9.86. The van der Waals surface area contributed by atoms with Crippen LogP contribution in [-0.4, -0.2) is 23.3 Å². The molecule has 0 radical (unpaired) electrons. The van der Waals surface area contributed by atoms with Crippen LogP contribution in [-0.2, 0) is 4.79 Å². The van der Waals surface area contributed by atoms with Gasteiger partial charge in [-0.1, -0.05) is 54.5 Å². The zero-order valence-corrected chi connectivity index (χ0v) is 27.0. The van der Waals surface area contributed by atoms with E-state index in [1.807, 2.05) is 0 Å². The molecule has 42 heavy (non-hydrogen) atoms. The van der Waals surface area contributed by atoms with Crippen molar-refractivity contribution in [1.29, 1.82) is 0 Å². The molecule has 0 amide bonds. The minimum Gasteiger partial charge on any atom is -0.481 e. The van der Waals surface area contributed by atoms with E-state index < -0.39 is 23.0 Å². The summed E-state index contributed by atoms with van der Waals surface area (Å²) in [5.74, 6) is 0.820. The molecule has 1 aromatic carbocycles. The molecule has 5 heteroatoms. The first-order valence-corrected chi connectivity index (χ1v) is 16.8. The van der Waals surface area contributed by atoms with E-state index in [4.69, 9.17) is 4.99 Å². The van der Waals surface area contributed by atoms with Gasteiger partial charge in [-0.25, -0.2) is 8.78 Å². The Balaban J connectivity index is 1.30. The maximum atomic E-state index is 13.8. The van der Waals surface area contributed by atoms with Crippen molar-refractivity contribution < 1.29 is 18.7 Å². The fourth-order valence-corrected chi connectivity index (χ4v) is 12.8. The average molecular weight is 582 g/mol. The topological polar surface area (TPSA) is 49.7 Å². The lowest BCUT2D eigenvalue weighted by Crippen LogP contribution is -2.67. The fourth-order valence-electron chi connectivity index (χ4n) is 12.8. The van der Waals surface area contributed by atoms with Crippen LogP contribution in [0.5, 0.6) is 0 Å². The van der Waals surface area contributed by atoms with Crippen LogP contribution in [0.1, 0.15) is 118 Å². The Bertz CT molecular complexity index is 1270. The van der Waals surface area contributed by atoms with Crippen molar-refractivity contribution in [3.63, 3.8) is 0 Å². The number of benzene rings is 1. The fraction of sp³-hybridized carbons (Fsp3) is 0.784. The van der Waals surface area contributed by atoms with Crippen molar-refractivity contribution in [2.75, 3.05) is 0 Å². The minimum atomic E-state index is -0.828. The predicted octanol–water partition coefficient (Wildman–Crippen LogP) is 9.57. The number of carboxylic acid groups (broad SMARTS) is 1. The van der Waals surface area contributed by atoms with Crippen LogP contribution in [0.15, 0.2) is 23.2 Å². The molecule has 1 N–H and O–H groups in total. The molecule has 10 atom stereocenters. The maximum absolute atomic E-state index is 13.8. The third-order valence-corrected chi connectivity index (χ3v) is 15.1. The number of fused-ring (bicyclic) bond motifs is 7. The Hall–Kier alpha value is -1.78. The van der Waals surface area contributed by atoms with Crippen LogP contribution >= 0.6 is 0 Å². The molecular weight excluding hydrogens is 528 g/mol. The van der Waals surface area contributed by atoms with Gasteiger partial charge in [0.15, 0.2) is 11.6 Å². The van der Waals surface area contributed by atoms with E-state index in [1.165, 1.54) is 37.8 Å². The van der Waals surface area contributed by atoms with Crippen molar-refractivity contribution in [2.24, 2.45) is 67.6 Å². The van der Waals surface area contributed by atoms with E-state index in [-0.39, 0.29) is 27.7 Å². The summed E-state index contributed by atoms with van der Waals surface area (Å²) in [5.41, 5.74) is 0.675. The number of carbonyl (C=O) groups is 1. The number of nitrogens with zero attached hydrogens (tertiary/aromatic N) is 1. The summed E-state index contributed by atoms with van der Waals surface area (Å²) in [6.07, 6.45) is 12.5. The van der Waals surface area contributed by atoms with Crippen LogP contribution in [0, 0.1) is 74.2 Å². The normalized spacial score (nSPS) is 46.1. The number of hydrogen-bond donors (Lipinski definition) is 1. The second-order valence-corrected chi connectivity index (χ2v) is 16.9. The Morgan fingerprint density at radius 2 is 1.62 bits per heavy atom. The Labute approximate surface area is 252 Å². The number of carboxylic acids is 1. The number of aliphatic carboxylic acids is 1. The highest BCUT2D eigenvalue weighted by atomic mass is 19.2. The minimum absolute atomic E-state index is 0.000372. The Morgan fingerprint density at radius 1 is 0.881 bits per heavy atom. The van der Waals surface area contributed by atoms with Crippen molar-refractivity contribution >= 4 is 12.2 Å². The third-order valence-electron chi connectivity index (χ3n) is 15.1. The van der Waals surface area contributed by atoms with E-state index in [2.05, 4.69) is 48.5 Å².